The minimum absolute atomic E-state index is 0.128. The van der Waals surface area contributed by atoms with Gasteiger partial charge in [0.05, 0.1) is 12.2 Å². The lowest BCUT2D eigenvalue weighted by atomic mass is 10.0. The Balaban J connectivity index is 1.40. The van der Waals surface area contributed by atoms with Gasteiger partial charge >= 0.3 is 0 Å². The second-order valence-corrected chi connectivity index (χ2v) is 11.6. The van der Waals surface area contributed by atoms with Gasteiger partial charge in [-0.3, -0.25) is 14.6 Å². The van der Waals surface area contributed by atoms with Crippen LogP contribution in [0.1, 0.15) is 42.8 Å². The third-order valence-electron chi connectivity index (χ3n) is 7.55. The molecule has 0 unspecified atom stereocenters. The lowest BCUT2D eigenvalue weighted by Crippen LogP contribution is -2.49. The predicted octanol–water partition coefficient (Wildman–Crippen LogP) is 3.62. The molecule has 8 nitrogen and oxygen atoms in total. The van der Waals surface area contributed by atoms with E-state index in [1.807, 2.05) is 12.3 Å². The molecule has 8 heteroatoms. The Kier molecular flexibility index (Phi) is 9.41. The number of rotatable bonds is 2. The summed E-state index contributed by atoms with van der Waals surface area (Å²) in [5, 5.41) is 6.71. The van der Waals surface area contributed by atoms with E-state index >= 15 is 0 Å². The Hall–Kier alpha value is -3.33. The summed E-state index contributed by atoms with van der Waals surface area (Å²) in [5.41, 5.74) is 6.95. The van der Waals surface area contributed by atoms with Gasteiger partial charge in [-0.2, -0.15) is 0 Å². The molecule has 8 rings (SSSR count). The molecule has 1 saturated heterocycles. The van der Waals surface area contributed by atoms with Crippen LogP contribution in [0, 0.1) is 0 Å². The van der Waals surface area contributed by atoms with Crippen molar-refractivity contribution in [2.75, 3.05) is 58.2 Å². The van der Waals surface area contributed by atoms with Gasteiger partial charge < -0.3 is 15.5 Å². The number of anilines is 1. The quantitative estimate of drug-likeness (QED) is 0.513. The fraction of sp³-hybridized carbons (Fsp3) is 0.469. The molecule has 3 aromatic rings. The van der Waals surface area contributed by atoms with Crippen LogP contribution in [0.3, 0.4) is 0 Å². The summed E-state index contributed by atoms with van der Waals surface area (Å²) in [6.07, 6.45) is 3.49. The Bertz CT molecular complexity index is 1270. The Morgan fingerprint density at radius 3 is 2.33 bits per heavy atom. The van der Waals surface area contributed by atoms with E-state index in [9.17, 15) is 4.79 Å². The van der Waals surface area contributed by atoms with Crippen molar-refractivity contribution in [1.82, 2.24) is 30.0 Å². The van der Waals surface area contributed by atoms with Crippen molar-refractivity contribution in [3.05, 3.63) is 77.2 Å². The minimum Gasteiger partial charge on any atom is -0.383 e. The molecule has 1 amide bonds. The monoisotopic (exact) mass is 541 g/mol. The summed E-state index contributed by atoms with van der Waals surface area (Å²) in [6, 6.07) is 17.8. The zero-order valence-corrected chi connectivity index (χ0v) is 24.2. The van der Waals surface area contributed by atoms with Crippen molar-refractivity contribution in [2.24, 2.45) is 0 Å². The van der Waals surface area contributed by atoms with E-state index < -0.39 is 0 Å². The lowest BCUT2D eigenvalue weighted by Gasteiger charge is -2.34. The standard InChI is InChI=1S/C32H43N7O/c1-24(2)35-29-18-26-17-27(19-29)22-38-13-15-39(16-14-38)23-32(40)34-10-4-12-37(3)21-25-5-7-28(8-6-25)30-9-11-33-31(20-26)36-30/h5-9,11,17-19,24,35H,4,10,12-16,20-23H2,1-3H3,(H,34,40). The molecule has 6 heterocycles. The highest BCUT2D eigenvalue weighted by Crippen LogP contribution is 2.22. The molecular weight excluding hydrogens is 498 g/mol. The third-order valence-corrected chi connectivity index (χ3v) is 7.55. The fourth-order valence-corrected chi connectivity index (χ4v) is 5.57. The molecule has 8 bridgehead atoms. The fourth-order valence-electron chi connectivity index (χ4n) is 5.57. The van der Waals surface area contributed by atoms with Crippen LogP contribution >= 0.6 is 0 Å². The zero-order valence-electron chi connectivity index (χ0n) is 24.2. The molecule has 0 aliphatic carbocycles. The molecule has 0 saturated carbocycles. The van der Waals surface area contributed by atoms with Gasteiger partial charge in [0.25, 0.3) is 0 Å². The molecule has 2 N–H and O–H groups in total. The minimum atomic E-state index is 0.128. The van der Waals surface area contributed by atoms with Crippen LogP contribution in [0.15, 0.2) is 54.7 Å². The van der Waals surface area contributed by atoms with Gasteiger partial charge in [-0.1, -0.05) is 30.3 Å². The van der Waals surface area contributed by atoms with Gasteiger partial charge in [-0.15, -0.1) is 0 Å². The van der Waals surface area contributed by atoms with Crippen LogP contribution in [0.2, 0.25) is 0 Å². The predicted molar refractivity (Wildman–Crippen MR) is 161 cm³/mol. The summed E-state index contributed by atoms with van der Waals surface area (Å²) in [5.74, 6) is 0.957. The smallest absolute Gasteiger partial charge is 0.234 e. The summed E-state index contributed by atoms with van der Waals surface area (Å²) < 4.78 is 0. The molecule has 1 fully saturated rings. The highest BCUT2D eigenvalue weighted by atomic mass is 16.2. The van der Waals surface area contributed by atoms with E-state index in [0.29, 0.717) is 25.6 Å². The highest BCUT2D eigenvalue weighted by Gasteiger charge is 2.19. The van der Waals surface area contributed by atoms with Crippen molar-refractivity contribution in [1.29, 1.82) is 0 Å². The summed E-state index contributed by atoms with van der Waals surface area (Å²) in [4.78, 5) is 29.2. The molecule has 0 radical (unpaired) electrons. The van der Waals surface area contributed by atoms with Crippen molar-refractivity contribution < 1.29 is 4.79 Å². The number of carbonyl (C=O) groups excluding carboxylic acids is 1. The van der Waals surface area contributed by atoms with E-state index in [2.05, 4.69) is 93.7 Å². The van der Waals surface area contributed by atoms with Crippen molar-refractivity contribution >= 4 is 11.6 Å². The number of hydrogen-bond acceptors (Lipinski definition) is 7. The van der Waals surface area contributed by atoms with Crippen LogP contribution in [-0.4, -0.2) is 89.5 Å². The van der Waals surface area contributed by atoms with E-state index in [1.54, 1.807) is 0 Å². The Labute approximate surface area is 238 Å². The van der Waals surface area contributed by atoms with Crippen LogP contribution in [0.25, 0.3) is 11.3 Å². The first kappa shape index (κ1) is 28.2. The van der Waals surface area contributed by atoms with Crippen molar-refractivity contribution in [2.45, 2.75) is 45.8 Å². The van der Waals surface area contributed by atoms with E-state index in [1.165, 1.54) is 16.7 Å². The number of piperazine rings is 1. The van der Waals surface area contributed by atoms with Gasteiger partial charge in [-0.25, -0.2) is 9.97 Å². The second-order valence-electron chi connectivity index (χ2n) is 11.6. The molecule has 40 heavy (non-hydrogen) atoms. The molecule has 0 spiro atoms. The van der Waals surface area contributed by atoms with Crippen LogP contribution in [0.5, 0.6) is 0 Å². The van der Waals surface area contributed by atoms with Crippen LogP contribution in [-0.2, 0) is 24.3 Å². The second kappa shape index (κ2) is 13.4. The maximum absolute atomic E-state index is 12.6. The van der Waals surface area contributed by atoms with Gasteiger partial charge in [-0.05, 0) is 68.8 Å². The Morgan fingerprint density at radius 1 is 0.850 bits per heavy atom. The number of carbonyl (C=O) groups is 1. The molecule has 2 aromatic carbocycles. The number of aromatic nitrogens is 2. The average molecular weight is 542 g/mol. The molecule has 212 valence electrons. The first-order chi connectivity index (χ1) is 19.4. The first-order valence-electron chi connectivity index (χ1n) is 14.6. The summed E-state index contributed by atoms with van der Waals surface area (Å²) in [7, 11) is 2.13. The molecule has 1 aromatic heterocycles. The van der Waals surface area contributed by atoms with E-state index in [4.69, 9.17) is 4.98 Å². The van der Waals surface area contributed by atoms with Gasteiger partial charge in [0.15, 0.2) is 0 Å². The zero-order chi connectivity index (χ0) is 27.9. The van der Waals surface area contributed by atoms with Crippen LogP contribution in [0.4, 0.5) is 5.69 Å². The topological polar surface area (TPSA) is 76.6 Å². The normalized spacial score (nSPS) is 21.1. The number of hydrogen-bond donors (Lipinski definition) is 2. The molecular formula is C32H43N7O. The molecule has 5 aliphatic heterocycles. The number of nitrogens with zero attached hydrogens (tertiary/aromatic N) is 5. The lowest BCUT2D eigenvalue weighted by molar-refractivity contribution is -0.122. The van der Waals surface area contributed by atoms with E-state index in [-0.39, 0.29) is 5.91 Å². The van der Waals surface area contributed by atoms with Crippen molar-refractivity contribution in [3.8, 4) is 11.3 Å². The number of benzene rings is 2. The van der Waals surface area contributed by atoms with Crippen LogP contribution < -0.4 is 10.6 Å². The van der Waals surface area contributed by atoms with Gasteiger partial charge in [0, 0.05) is 75.7 Å². The maximum atomic E-state index is 12.6. The highest BCUT2D eigenvalue weighted by molar-refractivity contribution is 5.78. The SMILES string of the molecule is CC(C)Nc1cc2cc(c1)CN1CCN(CC1)CC(=O)NCCCN(C)Cc1ccc(cc1)-c1ccnc(n1)C2. The largest absolute Gasteiger partial charge is 0.383 e. The number of amides is 1. The Morgan fingerprint density at radius 2 is 1.57 bits per heavy atom. The van der Waals surface area contributed by atoms with Gasteiger partial charge in [0.1, 0.15) is 5.82 Å². The first-order valence-corrected chi connectivity index (χ1v) is 14.6. The molecule has 0 atom stereocenters. The summed E-state index contributed by atoms with van der Waals surface area (Å²) in [6.45, 7) is 12.0. The number of nitrogens with one attached hydrogen (secondary N) is 2. The molecule has 5 aliphatic rings. The van der Waals surface area contributed by atoms with Crippen molar-refractivity contribution in [3.63, 3.8) is 0 Å². The van der Waals surface area contributed by atoms with Gasteiger partial charge in [0.2, 0.25) is 5.91 Å². The average Bonchev–Trinajstić information content (AvgIpc) is 2.92. The van der Waals surface area contributed by atoms with E-state index in [0.717, 1.165) is 75.0 Å². The summed E-state index contributed by atoms with van der Waals surface area (Å²) >= 11 is 0. The third kappa shape index (κ3) is 8.10. The maximum Gasteiger partial charge on any atom is 0.234 e.